The van der Waals surface area contributed by atoms with E-state index < -0.39 is 12.1 Å². The third-order valence-electron chi connectivity index (χ3n) is 7.13. The van der Waals surface area contributed by atoms with Crippen molar-refractivity contribution < 1.29 is 42.1 Å². The number of carboxylic acid groups (broad SMARTS) is 1. The average Bonchev–Trinajstić information content (AvgIpc) is 3.30. The van der Waals surface area contributed by atoms with Crippen molar-refractivity contribution in [1.82, 2.24) is 24.3 Å². The molecule has 0 saturated carbocycles. The zero-order chi connectivity index (χ0) is 34.6. The molecule has 0 radical (unpaired) electrons. The first-order valence-electron chi connectivity index (χ1n) is 14.3. The summed E-state index contributed by atoms with van der Waals surface area (Å²) in [4.78, 5) is 39.5. The van der Waals surface area contributed by atoms with Crippen molar-refractivity contribution in [3.8, 4) is 5.75 Å². The summed E-state index contributed by atoms with van der Waals surface area (Å²) in [5.74, 6) is -2.52. The standard InChI is InChI=1S/C27H36ClN7O4.C2HF3O2/c1-7-32(8-2)25(37)18-15-22(28)30-35-24(18)31-34(26(35)29)16-21(36)17-13-19(27(3,4)5)23(38-6)20(14-17)33-9-11-39-12-10-33;3-2(4,5)1(6)7/h13-15,29H,7-12,16H2,1-6H3;(H,6,7). The maximum Gasteiger partial charge on any atom is 0.490 e. The second-order valence-corrected chi connectivity index (χ2v) is 11.6. The number of aromatic nitrogens is 4. The molecule has 1 aromatic carbocycles. The lowest BCUT2D eigenvalue weighted by Gasteiger charge is -2.33. The molecule has 2 aromatic heterocycles. The topological polar surface area (TPSA) is 155 Å². The smallest absolute Gasteiger partial charge is 0.490 e. The van der Waals surface area contributed by atoms with Gasteiger partial charge in [0.05, 0.1) is 31.6 Å². The largest absolute Gasteiger partial charge is 0.494 e. The molecular formula is C29H37ClF3N7O6. The van der Waals surface area contributed by atoms with Crippen molar-refractivity contribution in [2.45, 2.75) is 52.8 Å². The highest BCUT2D eigenvalue weighted by Gasteiger charge is 2.38. The summed E-state index contributed by atoms with van der Waals surface area (Å²) in [5.41, 5.74) is 2.18. The number of alkyl halides is 3. The van der Waals surface area contributed by atoms with Gasteiger partial charge in [0.1, 0.15) is 12.3 Å². The number of amides is 1. The average molecular weight is 672 g/mol. The number of methoxy groups -OCH3 is 1. The molecule has 0 unspecified atom stereocenters. The summed E-state index contributed by atoms with van der Waals surface area (Å²) in [6, 6.07) is 5.14. The molecule has 0 atom stereocenters. The molecule has 3 aromatic rings. The number of morpholine rings is 1. The molecule has 1 amide bonds. The fourth-order valence-electron chi connectivity index (χ4n) is 4.75. The summed E-state index contributed by atoms with van der Waals surface area (Å²) >= 11 is 6.21. The zero-order valence-corrected chi connectivity index (χ0v) is 27.1. The van der Waals surface area contributed by atoms with E-state index in [2.05, 4.69) is 35.9 Å². The Hall–Kier alpha value is -4.18. The van der Waals surface area contributed by atoms with E-state index in [1.807, 2.05) is 26.0 Å². The van der Waals surface area contributed by atoms with Crippen LogP contribution in [0.2, 0.25) is 5.15 Å². The number of ether oxygens (including phenoxy) is 2. The Morgan fingerprint density at radius 3 is 2.17 bits per heavy atom. The van der Waals surface area contributed by atoms with Crippen molar-refractivity contribution in [1.29, 1.82) is 5.41 Å². The number of hydrogen-bond donors (Lipinski definition) is 2. The molecule has 3 heterocycles. The normalized spacial score (nSPS) is 13.7. The summed E-state index contributed by atoms with van der Waals surface area (Å²) in [6.07, 6.45) is -5.08. The third kappa shape index (κ3) is 8.15. The van der Waals surface area contributed by atoms with Gasteiger partial charge in [-0.3, -0.25) is 15.0 Å². The van der Waals surface area contributed by atoms with Crippen LogP contribution in [0.4, 0.5) is 18.9 Å². The Balaban J connectivity index is 0.000000738. The molecule has 252 valence electrons. The number of nitrogens with zero attached hydrogens (tertiary/aromatic N) is 6. The predicted octanol–water partition coefficient (Wildman–Crippen LogP) is 3.80. The lowest BCUT2D eigenvalue weighted by molar-refractivity contribution is -0.192. The van der Waals surface area contributed by atoms with Crippen LogP contribution in [0.1, 0.15) is 60.9 Å². The second-order valence-electron chi connectivity index (χ2n) is 11.2. The Morgan fingerprint density at radius 1 is 1.09 bits per heavy atom. The van der Waals surface area contributed by atoms with E-state index in [4.69, 9.17) is 36.4 Å². The Kier molecular flexibility index (Phi) is 11.4. The van der Waals surface area contributed by atoms with Crippen molar-refractivity contribution in [2.24, 2.45) is 0 Å². The highest BCUT2D eigenvalue weighted by molar-refractivity contribution is 6.29. The summed E-state index contributed by atoms with van der Waals surface area (Å²) in [7, 11) is 1.64. The fourth-order valence-corrected chi connectivity index (χ4v) is 4.93. The van der Waals surface area contributed by atoms with Gasteiger partial charge in [0.15, 0.2) is 16.6 Å². The van der Waals surface area contributed by atoms with Crippen LogP contribution >= 0.6 is 11.6 Å². The first-order chi connectivity index (χ1) is 21.4. The van der Waals surface area contributed by atoms with Gasteiger partial charge in [-0.1, -0.05) is 32.4 Å². The first kappa shape index (κ1) is 36.3. The van der Waals surface area contributed by atoms with E-state index in [1.165, 1.54) is 15.3 Å². The molecular weight excluding hydrogens is 635 g/mol. The molecule has 1 saturated heterocycles. The number of anilines is 1. The summed E-state index contributed by atoms with van der Waals surface area (Å²) in [5, 5.41) is 24.4. The van der Waals surface area contributed by atoms with E-state index in [9.17, 15) is 22.8 Å². The number of benzene rings is 1. The Morgan fingerprint density at radius 2 is 1.67 bits per heavy atom. The highest BCUT2D eigenvalue weighted by Crippen LogP contribution is 2.40. The first-order valence-corrected chi connectivity index (χ1v) is 14.7. The van der Waals surface area contributed by atoms with Gasteiger partial charge in [0, 0.05) is 37.3 Å². The van der Waals surface area contributed by atoms with Gasteiger partial charge in [-0.15, -0.1) is 5.10 Å². The van der Waals surface area contributed by atoms with E-state index in [0.717, 1.165) is 17.0 Å². The molecule has 17 heteroatoms. The minimum absolute atomic E-state index is 0.0579. The molecule has 0 bridgehead atoms. The van der Waals surface area contributed by atoms with Gasteiger partial charge in [-0.05, 0) is 37.5 Å². The van der Waals surface area contributed by atoms with Crippen molar-refractivity contribution in [2.75, 3.05) is 51.4 Å². The molecule has 0 spiro atoms. The number of Topliss-reactive ketones (excluding diaryl/α,β-unsaturated/α-hetero) is 1. The van der Waals surface area contributed by atoms with Gasteiger partial charge in [-0.2, -0.15) is 22.8 Å². The predicted molar refractivity (Wildman–Crippen MR) is 162 cm³/mol. The maximum atomic E-state index is 13.7. The van der Waals surface area contributed by atoms with E-state index in [-0.39, 0.29) is 45.6 Å². The van der Waals surface area contributed by atoms with Gasteiger partial charge in [0.25, 0.3) is 5.91 Å². The van der Waals surface area contributed by atoms with Gasteiger partial charge in [-0.25, -0.2) is 9.48 Å². The zero-order valence-electron chi connectivity index (χ0n) is 26.4. The number of carboxylic acids is 1. The second kappa shape index (κ2) is 14.5. The van der Waals surface area contributed by atoms with Crippen molar-refractivity contribution >= 4 is 40.6 Å². The van der Waals surface area contributed by atoms with Crippen LogP contribution in [0.3, 0.4) is 0 Å². The van der Waals surface area contributed by atoms with Crippen LogP contribution in [0.25, 0.3) is 5.65 Å². The molecule has 1 aliphatic rings. The van der Waals surface area contributed by atoms with Crippen LogP contribution in [0.15, 0.2) is 18.2 Å². The number of carbonyl (C=O) groups excluding carboxylic acids is 2. The van der Waals surface area contributed by atoms with Crippen LogP contribution in [-0.4, -0.2) is 99.7 Å². The molecule has 1 aliphatic heterocycles. The monoisotopic (exact) mass is 671 g/mol. The number of aliphatic carboxylic acids is 1. The Labute approximate surface area is 267 Å². The highest BCUT2D eigenvalue weighted by atomic mass is 35.5. The van der Waals surface area contributed by atoms with E-state index in [1.54, 1.807) is 12.0 Å². The molecule has 46 heavy (non-hydrogen) atoms. The number of ketones is 1. The van der Waals surface area contributed by atoms with Crippen LogP contribution in [-0.2, 0) is 21.5 Å². The molecule has 1 fully saturated rings. The number of nitrogens with one attached hydrogen (secondary N) is 1. The SMILES string of the molecule is CCN(CC)C(=O)c1cc(Cl)nn2c(=N)n(CC(=O)c3cc(N4CCOCC4)c(OC)c(C(C)(C)C)c3)nc12.O=C(O)C(F)(F)F. The number of rotatable bonds is 8. The third-order valence-corrected chi connectivity index (χ3v) is 7.32. The molecule has 0 aliphatic carbocycles. The van der Waals surface area contributed by atoms with Crippen molar-refractivity contribution in [3.05, 3.63) is 45.7 Å². The number of carbonyl (C=O) groups is 3. The quantitative estimate of drug-likeness (QED) is 0.340. The maximum absolute atomic E-state index is 13.7. The number of halogens is 4. The number of hydrogen-bond acceptors (Lipinski definition) is 9. The van der Waals surface area contributed by atoms with E-state index in [0.29, 0.717) is 45.0 Å². The Bertz CT molecular complexity index is 1660. The van der Waals surface area contributed by atoms with Crippen molar-refractivity contribution in [3.63, 3.8) is 0 Å². The number of fused-ring (bicyclic) bond motifs is 1. The molecule has 2 N–H and O–H groups in total. The van der Waals surface area contributed by atoms with Gasteiger partial charge < -0.3 is 24.4 Å². The molecule has 13 nitrogen and oxygen atoms in total. The lowest BCUT2D eigenvalue weighted by Crippen LogP contribution is -2.37. The van der Waals surface area contributed by atoms with Crippen LogP contribution in [0.5, 0.6) is 5.75 Å². The minimum atomic E-state index is -5.08. The van der Waals surface area contributed by atoms with Gasteiger partial charge in [0.2, 0.25) is 5.62 Å². The fraction of sp³-hybridized carbons (Fsp3) is 0.517. The molecule has 4 rings (SSSR count). The van der Waals surface area contributed by atoms with Crippen LogP contribution in [0, 0.1) is 5.41 Å². The van der Waals surface area contributed by atoms with Crippen LogP contribution < -0.4 is 15.3 Å². The van der Waals surface area contributed by atoms with E-state index >= 15 is 0 Å². The minimum Gasteiger partial charge on any atom is -0.494 e. The summed E-state index contributed by atoms with van der Waals surface area (Å²) in [6.45, 7) is 13.3. The lowest BCUT2D eigenvalue weighted by atomic mass is 9.84. The summed E-state index contributed by atoms with van der Waals surface area (Å²) < 4.78 is 45.6. The van der Waals surface area contributed by atoms with Gasteiger partial charge >= 0.3 is 12.1 Å².